The summed E-state index contributed by atoms with van der Waals surface area (Å²) in [5.41, 5.74) is 1.80. The highest BCUT2D eigenvalue weighted by Crippen LogP contribution is 2.45. The number of aromatic nitrogens is 1. The van der Waals surface area contributed by atoms with Crippen LogP contribution in [0.15, 0.2) is 83.9 Å². The highest BCUT2D eigenvalue weighted by atomic mass is 32.1. The molecule has 1 atom stereocenters. The lowest BCUT2D eigenvalue weighted by molar-refractivity contribution is -0.132. The Bertz CT molecular complexity index is 1620. The van der Waals surface area contributed by atoms with Crippen LogP contribution in [0.1, 0.15) is 29.7 Å². The average Bonchev–Trinajstić information content (AvgIpc) is 3.63. The van der Waals surface area contributed by atoms with E-state index in [0.717, 1.165) is 5.56 Å². The molecule has 0 radical (unpaired) electrons. The molecule has 208 valence electrons. The third-order valence-electron chi connectivity index (χ3n) is 6.71. The van der Waals surface area contributed by atoms with E-state index in [1.54, 1.807) is 48.0 Å². The number of thiazole rings is 1. The first-order valence-corrected chi connectivity index (χ1v) is 14.0. The standard InChI is InChI=1S/C31H26N2O7S/c1-2-37-24-16-20(8-10-23(24)40-18-19-6-4-3-5-7-19)27-26(29(35)30(36)33(27)31-32-12-15-41-31)28(34)21-9-11-22-25(17-21)39-14-13-38-22/h3-12,15-17,27,34H,2,13-14,18H2,1H3/b28-26+. The Balaban J connectivity index is 1.44. The first-order chi connectivity index (χ1) is 20.0. The number of hydrogen-bond donors (Lipinski definition) is 1. The molecular weight excluding hydrogens is 544 g/mol. The van der Waals surface area contributed by atoms with Crippen molar-refractivity contribution in [2.45, 2.75) is 19.6 Å². The molecule has 2 aliphatic heterocycles. The highest BCUT2D eigenvalue weighted by Gasteiger charge is 2.48. The van der Waals surface area contributed by atoms with Crippen molar-refractivity contribution in [3.8, 4) is 23.0 Å². The van der Waals surface area contributed by atoms with Gasteiger partial charge in [-0.15, -0.1) is 11.3 Å². The molecule has 1 fully saturated rings. The monoisotopic (exact) mass is 570 g/mol. The van der Waals surface area contributed by atoms with Crippen LogP contribution in [-0.2, 0) is 16.2 Å². The molecule has 0 spiro atoms. The summed E-state index contributed by atoms with van der Waals surface area (Å²) < 4.78 is 23.2. The van der Waals surface area contributed by atoms with Crippen LogP contribution in [-0.4, -0.2) is 41.6 Å². The number of amides is 1. The molecule has 1 saturated heterocycles. The maximum Gasteiger partial charge on any atom is 0.301 e. The highest BCUT2D eigenvalue weighted by molar-refractivity contribution is 7.14. The van der Waals surface area contributed by atoms with Gasteiger partial charge in [-0.3, -0.25) is 14.5 Å². The second kappa shape index (κ2) is 11.3. The van der Waals surface area contributed by atoms with Crippen LogP contribution in [0, 0.1) is 0 Å². The van der Waals surface area contributed by atoms with E-state index < -0.39 is 17.7 Å². The van der Waals surface area contributed by atoms with E-state index in [1.165, 1.54) is 16.2 Å². The van der Waals surface area contributed by atoms with Gasteiger partial charge < -0.3 is 24.1 Å². The van der Waals surface area contributed by atoms with Gasteiger partial charge in [0, 0.05) is 17.1 Å². The summed E-state index contributed by atoms with van der Waals surface area (Å²) in [5.74, 6) is 0.0187. The van der Waals surface area contributed by atoms with Gasteiger partial charge in [-0.05, 0) is 48.4 Å². The number of nitrogens with zero attached hydrogens (tertiary/aromatic N) is 2. The third-order valence-corrected chi connectivity index (χ3v) is 7.48. The summed E-state index contributed by atoms with van der Waals surface area (Å²) in [7, 11) is 0. The molecule has 3 aromatic carbocycles. The fourth-order valence-electron chi connectivity index (χ4n) is 4.84. The van der Waals surface area contributed by atoms with Gasteiger partial charge >= 0.3 is 5.91 Å². The second-order valence-electron chi connectivity index (χ2n) is 9.26. The number of rotatable bonds is 8. The van der Waals surface area contributed by atoms with E-state index in [0.29, 0.717) is 65.7 Å². The molecule has 0 bridgehead atoms. The summed E-state index contributed by atoms with van der Waals surface area (Å²) >= 11 is 1.22. The summed E-state index contributed by atoms with van der Waals surface area (Å²) in [6.45, 7) is 3.35. The lowest BCUT2D eigenvalue weighted by Gasteiger charge is -2.24. The molecule has 4 aromatic rings. The number of aliphatic hydroxyl groups excluding tert-OH is 1. The average molecular weight is 571 g/mol. The van der Waals surface area contributed by atoms with E-state index in [4.69, 9.17) is 18.9 Å². The van der Waals surface area contributed by atoms with Crippen molar-refractivity contribution in [2.75, 3.05) is 24.7 Å². The molecular formula is C31H26N2O7S. The van der Waals surface area contributed by atoms with Crippen molar-refractivity contribution in [1.29, 1.82) is 0 Å². The molecule has 0 aliphatic carbocycles. The molecule has 41 heavy (non-hydrogen) atoms. The van der Waals surface area contributed by atoms with E-state index >= 15 is 0 Å². The van der Waals surface area contributed by atoms with Gasteiger partial charge in [-0.1, -0.05) is 36.4 Å². The third kappa shape index (κ3) is 5.09. The predicted molar refractivity (Wildman–Crippen MR) is 153 cm³/mol. The quantitative estimate of drug-likeness (QED) is 0.168. The topological polar surface area (TPSA) is 107 Å². The number of anilines is 1. The van der Waals surface area contributed by atoms with Crippen LogP contribution in [0.4, 0.5) is 5.13 Å². The first-order valence-electron chi connectivity index (χ1n) is 13.1. The largest absolute Gasteiger partial charge is 0.507 e. The zero-order valence-corrected chi connectivity index (χ0v) is 22.9. The molecule has 3 heterocycles. The van der Waals surface area contributed by atoms with Crippen LogP contribution in [0.2, 0.25) is 0 Å². The second-order valence-corrected chi connectivity index (χ2v) is 10.1. The van der Waals surface area contributed by atoms with E-state index in [-0.39, 0.29) is 11.3 Å². The van der Waals surface area contributed by atoms with E-state index in [1.807, 2.05) is 37.3 Å². The van der Waals surface area contributed by atoms with Gasteiger partial charge in [-0.2, -0.15) is 0 Å². The molecule has 10 heteroatoms. The van der Waals surface area contributed by atoms with Crippen molar-refractivity contribution in [1.82, 2.24) is 4.98 Å². The van der Waals surface area contributed by atoms with E-state index in [2.05, 4.69) is 4.98 Å². The van der Waals surface area contributed by atoms with Crippen molar-refractivity contribution < 1.29 is 33.6 Å². The Morgan fingerprint density at radius 2 is 1.80 bits per heavy atom. The summed E-state index contributed by atoms with van der Waals surface area (Å²) in [5, 5.41) is 13.6. The molecule has 2 aliphatic rings. The molecule has 9 nitrogen and oxygen atoms in total. The van der Waals surface area contributed by atoms with Crippen LogP contribution in [0.3, 0.4) is 0 Å². The minimum Gasteiger partial charge on any atom is -0.507 e. The van der Waals surface area contributed by atoms with Crippen molar-refractivity contribution in [3.63, 3.8) is 0 Å². The van der Waals surface area contributed by atoms with Gasteiger partial charge in [0.1, 0.15) is 25.6 Å². The van der Waals surface area contributed by atoms with Gasteiger partial charge in [0.05, 0.1) is 18.2 Å². The summed E-state index contributed by atoms with van der Waals surface area (Å²) in [6.07, 6.45) is 1.56. The Morgan fingerprint density at radius 1 is 1.00 bits per heavy atom. The molecule has 1 aromatic heterocycles. The normalized spacial score (nSPS) is 17.5. The van der Waals surface area contributed by atoms with Crippen molar-refractivity contribution in [2.24, 2.45) is 0 Å². The number of hydrogen-bond acceptors (Lipinski definition) is 9. The molecule has 0 saturated carbocycles. The fourth-order valence-corrected chi connectivity index (χ4v) is 5.51. The van der Waals surface area contributed by atoms with E-state index in [9.17, 15) is 14.7 Å². The minimum atomic E-state index is -0.961. The smallest absolute Gasteiger partial charge is 0.301 e. The van der Waals surface area contributed by atoms with Crippen LogP contribution < -0.4 is 23.8 Å². The number of Topliss-reactive ketones (excluding diaryl/α,β-unsaturated/α-hetero) is 1. The Hall–Kier alpha value is -4.83. The van der Waals surface area contributed by atoms with Crippen LogP contribution in [0.25, 0.3) is 5.76 Å². The van der Waals surface area contributed by atoms with Gasteiger partial charge in [0.25, 0.3) is 5.78 Å². The molecule has 1 N–H and O–H groups in total. The molecule has 1 amide bonds. The predicted octanol–water partition coefficient (Wildman–Crippen LogP) is 5.52. The van der Waals surface area contributed by atoms with Gasteiger partial charge in [0.2, 0.25) is 0 Å². The zero-order valence-electron chi connectivity index (χ0n) is 22.1. The molecule has 6 rings (SSSR count). The number of carbonyl (C=O) groups excluding carboxylic acids is 2. The van der Waals surface area contributed by atoms with Gasteiger partial charge in [-0.25, -0.2) is 4.98 Å². The van der Waals surface area contributed by atoms with Crippen molar-refractivity contribution >= 4 is 33.9 Å². The number of aliphatic hydroxyl groups is 1. The number of fused-ring (bicyclic) bond motifs is 1. The lowest BCUT2D eigenvalue weighted by Crippen LogP contribution is -2.29. The van der Waals surface area contributed by atoms with Crippen molar-refractivity contribution in [3.05, 3.63) is 101 Å². The zero-order chi connectivity index (χ0) is 28.3. The van der Waals surface area contributed by atoms with Crippen LogP contribution in [0.5, 0.6) is 23.0 Å². The first kappa shape index (κ1) is 26.4. The van der Waals surface area contributed by atoms with Crippen LogP contribution >= 0.6 is 11.3 Å². The maximum atomic E-state index is 13.5. The summed E-state index contributed by atoms with van der Waals surface area (Å²) in [4.78, 5) is 32.5. The molecule has 1 unspecified atom stereocenters. The summed E-state index contributed by atoms with van der Waals surface area (Å²) in [6, 6.07) is 18.9. The maximum absolute atomic E-state index is 13.5. The number of carbonyl (C=O) groups is 2. The SMILES string of the molecule is CCOc1cc(C2/C(=C(\O)c3ccc4c(c3)OCCO4)C(=O)C(=O)N2c2nccs2)ccc1OCc1ccccc1. The Morgan fingerprint density at radius 3 is 2.56 bits per heavy atom. The number of ketones is 1. The number of benzene rings is 3. The Kier molecular flexibility index (Phi) is 7.30. The fraction of sp³-hybridized carbons (Fsp3) is 0.194. The van der Waals surface area contributed by atoms with Gasteiger partial charge in [0.15, 0.2) is 28.1 Å². The minimum absolute atomic E-state index is 0.0673. The Labute approximate surface area is 240 Å². The lowest BCUT2D eigenvalue weighted by atomic mass is 9.95. The number of ether oxygens (including phenoxy) is 4.